The van der Waals surface area contributed by atoms with Crippen LogP contribution in [0.15, 0.2) is 41.2 Å². The minimum atomic E-state index is -0.773. The van der Waals surface area contributed by atoms with Gasteiger partial charge in [0.25, 0.3) is 11.5 Å². The topological polar surface area (TPSA) is 99.5 Å². The molecule has 2 rings (SSSR count). The number of amides is 1. The number of carbonyl (C=O) groups excluding carboxylic acids is 2. The summed E-state index contributed by atoms with van der Waals surface area (Å²) in [4.78, 5) is 35.4. The molecular weight excluding hydrogens is 326 g/mol. The van der Waals surface area contributed by atoms with Crippen LogP contribution >= 0.6 is 0 Å². The Labute approximate surface area is 144 Å². The van der Waals surface area contributed by atoms with E-state index in [0.717, 1.165) is 0 Å². The van der Waals surface area contributed by atoms with Crippen LogP contribution in [0, 0.1) is 0 Å². The van der Waals surface area contributed by atoms with Crippen molar-refractivity contribution in [3.05, 3.63) is 52.4 Å². The lowest BCUT2D eigenvalue weighted by atomic mass is 10.3. The third-order valence-corrected chi connectivity index (χ3v) is 3.20. The van der Waals surface area contributed by atoms with Gasteiger partial charge in [0.2, 0.25) is 0 Å². The number of hydrogen-bond acceptors (Lipinski definition) is 6. The van der Waals surface area contributed by atoms with Crippen LogP contribution in [0.1, 0.15) is 23.8 Å². The Hall–Kier alpha value is -3.16. The summed E-state index contributed by atoms with van der Waals surface area (Å²) >= 11 is 0. The molecule has 0 atom stereocenters. The second-order valence-electron chi connectivity index (χ2n) is 5.14. The zero-order valence-corrected chi connectivity index (χ0v) is 14.0. The zero-order valence-electron chi connectivity index (χ0n) is 14.0. The number of aryl methyl sites for hydroxylation is 1. The largest absolute Gasteiger partial charge is 0.497 e. The monoisotopic (exact) mass is 345 g/mol. The number of anilines is 1. The lowest BCUT2D eigenvalue weighted by molar-refractivity contribution is -0.119. The number of aromatic nitrogens is 2. The fraction of sp³-hybridized carbons (Fsp3) is 0.294. The van der Waals surface area contributed by atoms with Crippen LogP contribution in [0.5, 0.6) is 5.75 Å². The van der Waals surface area contributed by atoms with Gasteiger partial charge >= 0.3 is 5.97 Å². The van der Waals surface area contributed by atoms with E-state index in [-0.39, 0.29) is 11.3 Å². The van der Waals surface area contributed by atoms with Gasteiger partial charge in [-0.3, -0.25) is 9.59 Å². The zero-order chi connectivity index (χ0) is 18.2. The molecule has 0 saturated carbocycles. The summed E-state index contributed by atoms with van der Waals surface area (Å²) in [7, 11) is 1.52. The van der Waals surface area contributed by atoms with Gasteiger partial charge in [0.1, 0.15) is 5.75 Å². The van der Waals surface area contributed by atoms with Crippen molar-refractivity contribution < 1.29 is 19.1 Å². The Morgan fingerprint density at radius 1 is 1.24 bits per heavy atom. The molecule has 1 amide bonds. The quantitative estimate of drug-likeness (QED) is 0.763. The van der Waals surface area contributed by atoms with Crippen LogP contribution in [0.3, 0.4) is 0 Å². The Balaban J connectivity index is 1.93. The number of methoxy groups -OCH3 is 1. The van der Waals surface area contributed by atoms with Crippen LogP contribution in [0.25, 0.3) is 0 Å². The summed E-state index contributed by atoms with van der Waals surface area (Å²) in [6, 6.07) is 9.31. The fourth-order valence-corrected chi connectivity index (χ4v) is 2.03. The minimum Gasteiger partial charge on any atom is -0.497 e. The maximum absolute atomic E-state index is 12.0. The summed E-state index contributed by atoms with van der Waals surface area (Å²) in [5.41, 5.74) is 0.200. The van der Waals surface area contributed by atoms with E-state index < -0.39 is 18.5 Å². The number of nitrogens with zero attached hydrogens (tertiary/aromatic N) is 2. The number of hydrogen-bond donors (Lipinski definition) is 1. The smallest absolute Gasteiger partial charge is 0.359 e. The molecule has 1 aromatic heterocycles. The molecule has 0 radical (unpaired) electrons. The highest BCUT2D eigenvalue weighted by Crippen LogP contribution is 2.16. The maximum atomic E-state index is 12.0. The molecule has 0 aliphatic heterocycles. The van der Waals surface area contributed by atoms with Crippen molar-refractivity contribution in [2.24, 2.45) is 0 Å². The molecule has 0 saturated heterocycles. The number of benzene rings is 1. The van der Waals surface area contributed by atoms with Crippen LogP contribution < -0.4 is 15.6 Å². The average molecular weight is 345 g/mol. The van der Waals surface area contributed by atoms with Crippen molar-refractivity contribution in [3.8, 4) is 5.75 Å². The minimum absolute atomic E-state index is 0.0257. The molecule has 2 aromatic rings. The van der Waals surface area contributed by atoms with Gasteiger partial charge in [0.15, 0.2) is 12.3 Å². The number of carbonyl (C=O) groups is 2. The predicted octanol–water partition coefficient (Wildman–Crippen LogP) is 1.46. The lowest BCUT2D eigenvalue weighted by Crippen LogP contribution is -2.26. The molecule has 0 aliphatic rings. The van der Waals surface area contributed by atoms with E-state index in [2.05, 4.69) is 10.4 Å². The van der Waals surface area contributed by atoms with Crippen molar-refractivity contribution in [1.82, 2.24) is 9.78 Å². The first-order valence-corrected chi connectivity index (χ1v) is 7.72. The summed E-state index contributed by atoms with van der Waals surface area (Å²) in [6.45, 7) is 1.82. The summed E-state index contributed by atoms with van der Waals surface area (Å²) < 4.78 is 11.2. The van der Waals surface area contributed by atoms with E-state index >= 15 is 0 Å². The Morgan fingerprint density at radius 3 is 2.76 bits per heavy atom. The summed E-state index contributed by atoms with van der Waals surface area (Å²) in [5, 5.41) is 6.52. The van der Waals surface area contributed by atoms with E-state index in [4.69, 9.17) is 9.47 Å². The first-order chi connectivity index (χ1) is 12.0. The first-order valence-electron chi connectivity index (χ1n) is 7.72. The number of esters is 1. The normalized spacial score (nSPS) is 10.2. The van der Waals surface area contributed by atoms with Crippen LogP contribution in [0.2, 0.25) is 0 Å². The van der Waals surface area contributed by atoms with Crippen LogP contribution in [-0.2, 0) is 16.1 Å². The van der Waals surface area contributed by atoms with Gasteiger partial charge in [0, 0.05) is 24.4 Å². The summed E-state index contributed by atoms with van der Waals surface area (Å²) in [6.07, 6.45) is 0.703. The van der Waals surface area contributed by atoms with Crippen molar-refractivity contribution in [1.29, 1.82) is 0 Å². The van der Waals surface area contributed by atoms with Gasteiger partial charge in [-0.15, -0.1) is 0 Å². The third kappa shape index (κ3) is 5.17. The second kappa shape index (κ2) is 8.62. The average Bonchev–Trinajstić information content (AvgIpc) is 2.62. The highest BCUT2D eigenvalue weighted by atomic mass is 16.5. The summed E-state index contributed by atoms with van der Waals surface area (Å²) in [5.74, 6) is -0.675. The van der Waals surface area contributed by atoms with E-state index in [1.54, 1.807) is 24.3 Å². The van der Waals surface area contributed by atoms with Crippen molar-refractivity contribution in [2.45, 2.75) is 19.9 Å². The first kappa shape index (κ1) is 18.2. The molecule has 1 aromatic carbocycles. The molecule has 0 bridgehead atoms. The Kier molecular flexibility index (Phi) is 6.27. The molecule has 0 fully saturated rings. The number of ether oxygens (including phenoxy) is 2. The van der Waals surface area contributed by atoms with Gasteiger partial charge in [-0.2, -0.15) is 5.10 Å². The molecule has 8 heteroatoms. The lowest BCUT2D eigenvalue weighted by Gasteiger charge is -2.08. The highest BCUT2D eigenvalue weighted by Gasteiger charge is 2.13. The molecule has 1 heterocycles. The molecule has 0 aliphatic carbocycles. The Morgan fingerprint density at radius 2 is 2.04 bits per heavy atom. The van der Waals surface area contributed by atoms with E-state index in [1.165, 1.54) is 23.9 Å². The fourth-order valence-electron chi connectivity index (χ4n) is 2.03. The number of nitrogens with one attached hydrogen (secondary N) is 1. The maximum Gasteiger partial charge on any atom is 0.359 e. The van der Waals surface area contributed by atoms with E-state index in [9.17, 15) is 14.4 Å². The molecule has 1 N–H and O–H groups in total. The van der Waals surface area contributed by atoms with Gasteiger partial charge in [0.05, 0.1) is 7.11 Å². The predicted molar refractivity (Wildman–Crippen MR) is 90.7 cm³/mol. The SMILES string of the molecule is CCCn1nc(C(=O)OCC(=O)Nc2cccc(OC)c2)ccc1=O. The molecule has 25 heavy (non-hydrogen) atoms. The molecule has 8 nitrogen and oxygen atoms in total. The van der Waals surface area contributed by atoms with Crippen molar-refractivity contribution in [3.63, 3.8) is 0 Å². The standard InChI is InChI=1S/C17H19N3O5/c1-3-9-20-16(22)8-7-14(19-20)17(23)25-11-15(21)18-12-5-4-6-13(10-12)24-2/h4-8,10H,3,9,11H2,1-2H3,(H,18,21). The third-order valence-electron chi connectivity index (χ3n) is 3.20. The van der Waals surface area contributed by atoms with Crippen LogP contribution in [-0.4, -0.2) is 35.4 Å². The Bertz CT molecular complexity index is 816. The molecular formula is C17H19N3O5. The van der Waals surface area contributed by atoms with Crippen LogP contribution in [0.4, 0.5) is 5.69 Å². The van der Waals surface area contributed by atoms with Gasteiger partial charge in [-0.05, 0) is 24.6 Å². The van der Waals surface area contributed by atoms with Crippen molar-refractivity contribution >= 4 is 17.6 Å². The van der Waals surface area contributed by atoms with E-state index in [1.807, 2.05) is 6.92 Å². The van der Waals surface area contributed by atoms with Crippen molar-refractivity contribution in [2.75, 3.05) is 19.0 Å². The van der Waals surface area contributed by atoms with Gasteiger partial charge in [-0.25, -0.2) is 9.48 Å². The number of rotatable bonds is 7. The second-order valence-corrected chi connectivity index (χ2v) is 5.14. The van der Waals surface area contributed by atoms with E-state index in [0.29, 0.717) is 24.4 Å². The molecule has 132 valence electrons. The molecule has 0 spiro atoms. The highest BCUT2D eigenvalue weighted by molar-refractivity contribution is 5.94. The van der Waals surface area contributed by atoms with Gasteiger partial charge in [-0.1, -0.05) is 13.0 Å². The molecule has 0 unspecified atom stereocenters. The van der Waals surface area contributed by atoms with Gasteiger partial charge < -0.3 is 14.8 Å².